The van der Waals surface area contributed by atoms with Gasteiger partial charge in [0.1, 0.15) is 17.8 Å². The minimum Gasteiger partial charge on any atom is -0.497 e. The third-order valence-corrected chi connectivity index (χ3v) is 3.45. The summed E-state index contributed by atoms with van der Waals surface area (Å²) >= 11 is 0. The molecule has 0 fully saturated rings. The molecular weight excluding hydrogens is 292 g/mol. The number of nitrogen functional groups attached to an aromatic ring is 1. The van der Waals surface area contributed by atoms with Crippen molar-refractivity contribution in [1.29, 1.82) is 0 Å². The Balaban J connectivity index is 1.65. The maximum atomic E-state index is 6.13. The van der Waals surface area contributed by atoms with Crippen LogP contribution in [0.2, 0.25) is 0 Å². The standard InChI is InChI=1S/C16H18N6O/c1-23-13-5-3-12(4-6-13)7-9-18-15-14(17)16(20-11-19-15)22-10-2-8-21-22/h2-6,8,10-11H,7,9,17H2,1H3,(H,18,19,20). The van der Waals surface area contributed by atoms with Gasteiger partial charge in [-0.1, -0.05) is 12.1 Å². The smallest absolute Gasteiger partial charge is 0.181 e. The van der Waals surface area contributed by atoms with Crippen molar-refractivity contribution >= 4 is 11.5 Å². The zero-order valence-corrected chi connectivity index (χ0v) is 12.8. The second-order valence-corrected chi connectivity index (χ2v) is 4.94. The van der Waals surface area contributed by atoms with E-state index in [0.717, 1.165) is 12.2 Å². The zero-order chi connectivity index (χ0) is 16.1. The second-order valence-electron chi connectivity index (χ2n) is 4.94. The third-order valence-electron chi connectivity index (χ3n) is 3.45. The summed E-state index contributed by atoms with van der Waals surface area (Å²) in [7, 11) is 1.66. The van der Waals surface area contributed by atoms with Crippen LogP contribution in [-0.4, -0.2) is 33.4 Å². The summed E-state index contributed by atoms with van der Waals surface area (Å²) in [6.45, 7) is 0.714. The van der Waals surface area contributed by atoms with Crippen molar-refractivity contribution in [3.8, 4) is 11.6 Å². The maximum Gasteiger partial charge on any atom is 0.181 e. The number of nitrogens with two attached hydrogens (primary N) is 1. The van der Waals surface area contributed by atoms with Gasteiger partial charge in [0.05, 0.1) is 7.11 Å². The highest BCUT2D eigenvalue weighted by Gasteiger charge is 2.09. The van der Waals surface area contributed by atoms with Gasteiger partial charge in [-0.05, 0) is 30.2 Å². The molecule has 0 aliphatic heterocycles. The fraction of sp³-hybridized carbons (Fsp3) is 0.188. The van der Waals surface area contributed by atoms with E-state index in [2.05, 4.69) is 20.4 Å². The number of hydrogen-bond donors (Lipinski definition) is 2. The molecule has 0 aliphatic carbocycles. The van der Waals surface area contributed by atoms with Gasteiger partial charge in [-0.2, -0.15) is 5.10 Å². The lowest BCUT2D eigenvalue weighted by Crippen LogP contribution is -2.12. The molecular formula is C16H18N6O. The lowest BCUT2D eigenvalue weighted by molar-refractivity contribution is 0.414. The Morgan fingerprint density at radius 3 is 2.74 bits per heavy atom. The summed E-state index contributed by atoms with van der Waals surface area (Å²) in [5.41, 5.74) is 7.81. The number of anilines is 2. The summed E-state index contributed by atoms with van der Waals surface area (Å²) in [6.07, 6.45) is 5.80. The van der Waals surface area contributed by atoms with Gasteiger partial charge in [0.2, 0.25) is 0 Å². The molecule has 3 N–H and O–H groups in total. The first-order chi connectivity index (χ1) is 11.3. The van der Waals surface area contributed by atoms with Crippen LogP contribution in [0.4, 0.5) is 11.5 Å². The van der Waals surface area contributed by atoms with Gasteiger partial charge in [-0.15, -0.1) is 0 Å². The minimum atomic E-state index is 0.478. The molecule has 0 amide bonds. The van der Waals surface area contributed by atoms with Crippen LogP contribution in [0.1, 0.15) is 5.56 Å². The number of aromatic nitrogens is 4. The molecule has 0 aliphatic rings. The highest BCUT2D eigenvalue weighted by Crippen LogP contribution is 2.20. The number of rotatable bonds is 6. The summed E-state index contributed by atoms with van der Waals surface area (Å²) in [5.74, 6) is 2.03. The fourth-order valence-corrected chi connectivity index (χ4v) is 2.22. The molecule has 7 nitrogen and oxygen atoms in total. The van der Waals surface area contributed by atoms with Gasteiger partial charge in [0.25, 0.3) is 0 Å². The number of benzene rings is 1. The maximum absolute atomic E-state index is 6.13. The van der Waals surface area contributed by atoms with Gasteiger partial charge in [0.15, 0.2) is 11.6 Å². The van der Waals surface area contributed by atoms with Crippen LogP contribution >= 0.6 is 0 Å². The largest absolute Gasteiger partial charge is 0.497 e. The van der Waals surface area contributed by atoms with E-state index in [9.17, 15) is 0 Å². The average Bonchev–Trinajstić information content (AvgIpc) is 3.11. The molecule has 2 aromatic heterocycles. The molecule has 0 radical (unpaired) electrons. The van der Waals surface area contributed by atoms with E-state index in [4.69, 9.17) is 10.5 Å². The predicted molar refractivity (Wildman–Crippen MR) is 88.8 cm³/mol. The second kappa shape index (κ2) is 6.78. The van der Waals surface area contributed by atoms with Crippen molar-refractivity contribution in [2.75, 3.05) is 24.7 Å². The van der Waals surface area contributed by atoms with E-state index in [1.165, 1.54) is 11.9 Å². The SMILES string of the molecule is COc1ccc(CCNc2ncnc(-n3cccn3)c2N)cc1. The monoisotopic (exact) mass is 310 g/mol. The zero-order valence-electron chi connectivity index (χ0n) is 12.8. The van der Waals surface area contributed by atoms with Crippen LogP contribution in [0.25, 0.3) is 5.82 Å². The Morgan fingerprint density at radius 1 is 1.22 bits per heavy atom. The Labute approximate surface area is 134 Å². The Morgan fingerprint density at radius 2 is 2.04 bits per heavy atom. The Kier molecular flexibility index (Phi) is 4.37. The molecule has 3 aromatic rings. The van der Waals surface area contributed by atoms with Crippen LogP contribution in [0.3, 0.4) is 0 Å². The lowest BCUT2D eigenvalue weighted by atomic mass is 10.1. The number of methoxy groups -OCH3 is 1. The van der Waals surface area contributed by atoms with Crippen molar-refractivity contribution in [2.24, 2.45) is 0 Å². The van der Waals surface area contributed by atoms with E-state index >= 15 is 0 Å². The topological polar surface area (TPSA) is 90.9 Å². The van der Waals surface area contributed by atoms with Crippen LogP contribution < -0.4 is 15.8 Å². The molecule has 118 valence electrons. The van der Waals surface area contributed by atoms with Crippen LogP contribution in [0, 0.1) is 0 Å². The highest BCUT2D eigenvalue weighted by molar-refractivity contribution is 5.68. The van der Waals surface area contributed by atoms with Gasteiger partial charge in [0, 0.05) is 18.9 Å². The van der Waals surface area contributed by atoms with Gasteiger partial charge < -0.3 is 15.8 Å². The number of ether oxygens (including phenoxy) is 1. The van der Waals surface area contributed by atoms with E-state index in [0.29, 0.717) is 23.9 Å². The third kappa shape index (κ3) is 3.39. The summed E-state index contributed by atoms with van der Waals surface area (Å²) < 4.78 is 6.77. The molecule has 3 rings (SSSR count). The van der Waals surface area contributed by atoms with Crippen molar-refractivity contribution in [3.05, 3.63) is 54.6 Å². The van der Waals surface area contributed by atoms with E-state index in [1.54, 1.807) is 24.2 Å². The summed E-state index contributed by atoms with van der Waals surface area (Å²) in [6, 6.07) is 9.80. The Bertz CT molecular complexity index is 755. The molecule has 7 heteroatoms. The molecule has 23 heavy (non-hydrogen) atoms. The molecule has 0 saturated heterocycles. The van der Waals surface area contributed by atoms with Crippen molar-refractivity contribution in [3.63, 3.8) is 0 Å². The highest BCUT2D eigenvalue weighted by atomic mass is 16.5. The number of hydrogen-bond acceptors (Lipinski definition) is 6. The minimum absolute atomic E-state index is 0.478. The van der Waals surface area contributed by atoms with Crippen molar-refractivity contribution in [1.82, 2.24) is 19.7 Å². The van der Waals surface area contributed by atoms with Crippen molar-refractivity contribution in [2.45, 2.75) is 6.42 Å². The molecule has 0 unspecified atom stereocenters. The van der Waals surface area contributed by atoms with Gasteiger partial charge in [-0.25, -0.2) is 14.6 Å². The summed E-state index contributed by atoms with van der Waals surface area (Å²) in [5, 5.41) is 7.38. The molecule has 2 heterocycles. The molecule has 0 atom stereocenters. The first kappa shape index (κ1) is 14.8. The lowest BCUT2D eigenvalue weighted by Gasteiger charge is -2.11. The molecule has 0 bridgehead atoms. The Hall–Kier alpha value is -3.09. The van der Waals surface area contributed by atoms with E-state index in [1.807, 2.05) is 30.3 Å². The van der Waals surface area contributed by atoms with Gasteiger partial charge in [-0.3, -0.25) is 0 Å². The van der Waals surface area contributed by atoms with E-state index in [-0.39, 0.29) is 0 Å². The fourth-order valence-electron chi connectivity index (χ4n) is 2.22. The molecule has 1 aromatic carbocycles. The van der Waals surface area contributed by atoms with E-state index < -0.39 is 0 Å². The van der Waals surface area contributed by atoms with Gasteiger partial charge >= 0.3 is 0 Å². The number of nitrogens with one attached hydrogen (secondary N) is 1. The van der Waals surface area contributed by atoms with Crippen LogP contribution in [-0.2, 0) is 6.42 Å². The normalized spacial score (nSPS) is 10.5. The first-order valence-electron chi connectivity index (χ1n) is 7.25. The number of nitrogens with zero attached hydrogens (tertiary/aromatic N) is 4. The molecule has 0 saturated carbocycles. The predicted octanol–water partition coefficient (Wildman–Crippen LogP) is 1.91. The van der Waals surface area contributed by atoms with Crippen molar-refractivity contribution < 1.29 is 4.74 Å². The van der Waals surface area contributed by atoms with Crippen LogP contribution in [0.15, 0.2) is 49.1 Å². The first-order valence-corrected chi connectivity index (χ1v) is 7.25. The summed E-state index contributed by atoms with van der Waals surface area (Å²) in [4.78, 5) is 8.38. The quantitative estimate of drug-likeness (QED) is 0.722. The average molecular weight is 310 g/mol. The van der Waals surface area contributed by atoms with Crippen LogP contribution in [0.5, 0.6) is 5.75 Å². The molecule has 0 spiro atoms.